The first-order valence-corrected chi connectivity index (χ1v) is 9.65. The van der Waals surface area contributed by atoms with E-state index in [2.05, 4.69) is 15.0 Å². The number of nitrogens with zero attached hydrogens (tertiary/aromatic N) is 1. The van der Waals surface area contributed by atoms with Gasteiger partial charge in [-0.25, -0.2) is 4.21 Å². The predicted molar refractivity (Wildman–Crippen MR) is 92.5 cm³/mol. The largest absolute Gasteiger partial charge is 0.346 e. The third-order valence-corrected chi connectivity index (χ3v) is 3.70. The molecule has 0 heterocycles. The van der Waals surface area contributed by atoms with Crippen molar-refractivity contribution in [3.05, 3.63) is 35.9 Å². The van der Waals surface area contributed by atoms with Crippen molar-refractivity contribution in [2.45, 2.75) is 32.4 Å². The summed E-state index contributed by atoms with van der Waals surface area (Å²) in [6.45, 7) is 6.13. The van der Waals surface area contributed by atoms with E-state index in [1.807, 2.05) is 51.1 Å². The third-order valence-electron chi connectivity index (χ3n) is 3.09. The number of benzene rings is 1. The summed E-state index contributed by atoms with van der Waals surface area (Å²) in [5, 5.41) is 5.93. The molecule has 6 nitrogen and oxygen atoms in total. The molecule has 23 heavy (non-hydrogen) atoms. The van der Waals surface area contributed by atoms with Gasteiger partial charge in [-0.05, 0) is 26.3 Å². The summed E-state index contributed by atoms with van der Waals surface area (Å²) < 4.78 is 14.8. The Hall–Kier alpha value is -1.73. The zero-order chi connectivity index (χ0) is 17.7. The summed E-state index contributed by atoms with van der Waals surface area (Å²) in [7, 11) is -2.63. The van der Waals surface area contributed by atoms with Crippen molar-refractivity contribution in [1.29, 1.82) is 0 Å². The Kier molecular flexibility index (Phi) is 6.47. The minimum Gasteiger partial charge on any atom is -0.346 e. The van der Waals surface area contributed by atoms with Crippen molar-refractivity contribution in [2.75, 3.05) is 19.1 Å². The molecule has 1 rings (SSSR count). The van der Waals surface area contributed by atoms with Crippen LogP contribution in [0.25, 0.3) is 0 Å². The summed E-state index contributed by atoms with van der Waals surface area (Å²) in [6, 6.07) is 10.0. The zero-order valence-corrected chi connectivity index (χ0v) is 15.1. The Morgan fingerprint density at radius 2 is 1.78 bits per heavy atom. The average molecular weight is 339 g/mol. The molecule has 0 bridgehead atoms. The summed E-state index contributed by atoms with van der Waals surface area (Å²) >= 11 is 0. The first-order valence-electron chi connectivity index (χ1n) is 7.32. The van der Waals surface area contributed by atoms with Gasteiger partial charge in [0.05, 0.1) is 0 Å². The van der Waals surface area contributed by atoms with Gasteiger partial charge in [0.25, 0.3) is 0 Å². The summed E-state index contributed by atoms with van der Waals surface area (Å²) in [5.41, 5.74) is 0.708. The fourth-order valence-electron chi connectivity index (χ4n) is 2.08. The Morgan fingerprint density at radius 1 is 1.22 bits per heavy atom. The first kappa shape index (κ1) is 19.3. The van der Waals surface area contributed by atoms with Gasteiger partial charge in [0.2, 0.25) is 0 Å². The van der Waals surface area contributed by atoms with Gasteiger partial charge in [-0.1, -0.05) is 30.3 Å². The predicted octanol–water partition coefficient (Wildman–Crippen LogP) is 1.49. The molecule has 128 valence electrons. The van der Waals surface area contributed by atoms with Crippen molar-refractivity contribution in [1.82, 2.24) is 10.6 Å². The van der Waals surface area contributed by atoms with Crippen LogP contribution in [0.1, 0.15) is 32.4 Å². The third kappa shape index (κ3) is 7.38. The van der Waals surface area contributed by atoms with Gasteiger partial charge in [-0.15, -0.1) is 0 Å². The highest BCUT2D eigenvalue weighted by Gasteiger charge is 2.23. The van der Waals surface area contributed by atoms with Crippen LogP contribution < -0.4 is 10.6 Å². The SMILES string of the molecule is CC(NC(C)(C)CNC(=O)C(=O)N=S(C)(C)=O)c1ccccc1. The Morgan fingerprint density at radius 3 is 2.30 bits per heavy atom. The molecule has 0 aliphatic carbocycles. The lowest BCUT2D eigenvalue weighted by Gasteiger charge is -2.30. The second-order valence-corrected chi connectivity index (χ2v) is 8.97. The number of hydrogen-bond donors (Lipinski definition) is 2. The van der Waals surface area contributed by atoms with Gasteiger partial charge < -0.3 is 10.6 Å². The summed E-state index contributed by atoms with van der Waals surface area (Å²) in [5.74, 6) is -1.85. The van der Waals surface area contributed by atoms with Crippen LogP contribution in [0.5, 0.6) is 0 Å². The van der Waals surface area contributed by atoms with Crippen LogP contribution in [0.4, 0.5) is 0 Å². The molecular formula is C16H25N3O3S. The fourth-order valence-corrected chi connectivity index (χ4v) is 2.56. The molecule has 1 atom stereocenters. The monoisotopic (exact) mass is 339 g/mol. The second kappa shape index (κ2) is 7.70. The van der Waals surface area contributed by atoms with Crippen molar-refractivity contribution < 1.29 is 13.8 Å². The number of amides is 2. The number of hydrogen-bond acceptors (Lipinski definition) is 4. The van der Waals surface area contributed by atoms with Gasteiger partial charge in [0.15, 0.2) is 0 Å². The highest BCUT2D eigenvalue weighted by molar-refractivity contribution is 7.92. The number of rotatable bonds is 5. The highest BCUT2D eigenvalue weighted by atomic mass is 32.2. The molecule has 1 aromatic rings. The Balaban J connectivity index is 2.60. The van der Waals surface area contributed by atoms with Crippen LogP contribution in [-0.4, -0.2) is 40.6 Å². The fraction of sp³-hybridized carbons (Fsp3) is 0.500. The molecule has 0 saturated carbocycles. The van der Waals surface area contributed by atoms with Crippen LogP contribution >= 0.6 is 0 Å². The molecule has 1 aromatic carbocycles. The minimum absolute atomic E-state index is 0.0912. The van der Waals surface area contributed by atoms with E-state index >= 15 is 0 Å². The summed E-state index contributed by atoms with van der Waals surface area (Å²) in [6.07, 6.45) is 2.62. The van der Waals surface area contributed by atoms with Crippen molar-refractivity contribution in [2.24, 2.45) is 4.36 Å². The maximum Gasteiger partial charge on any atom is 0.343 e. The molecule has 0 aromatic heterocycles. The number of carbonyl (C=O) groups excluding carboxylic acids is 2. The minimum atomic E-state index is -2.63. The van der Waals surface area contributed by atoms with E-state index in [0.29, 0.717) is 0 Å². The molecule has 0 fully saturated rings. The maximum absolute atomic E-state index is 11.7. The van der Waals surface area contributed by atoms with Crippen molar-refractivity contribution >= 4 is 21.5 Å². The van der Waals surface area contributed by atoms with Gasteiger partial charge in [-0.3, -0.25) is 9.59 Å². The molecule has 0 aliphatic heterocycles. The topological polar surface area (TPSA) is 87.6 Å². The summed E-state index contributed by atoms with van der Waals surface area (Å²) in [4.78, 5) is 23.3. The standard InChI is InChI=1S/C16H25N3O3S/c1-12(13-9-7-6-8-10-13)18-16(2,3)11-17-14(20)15(21)19-23(4,5)22/h6-10,12,18H,11H2,1-5H3,(H,17,20). The van der Waals surface area contributed by atoms with E-state index in [-0.39, 0.29) is 12.6 Å². The Labute approximate surface area is 138 Å². The molecule has 0 spiro atoms. The molecule has 0 saturated heterocycles. The quantitative estimate of drug-likeness (QED) is 0.796. The maximum atomic E-state index is 11.7. The average Bonchev–Trinajstić information content (AvgIpc) is 2.43. The van der Waals surface area contributed by atoms with Crippen LogP contribution in [0.3, 0.4) is 0 Å². The molecule has 0 radical (unpaired) electrons. The normalized spacial score (nSPS) is 13.3. The van der Waals surface area contributed by atoms with Crippen molar-refractivity contribution in [3.63, 3.8) is 0 Å². The van der Waals surface area contributed by atoms with E-state index in [4.69, 9.17) is 0 Å². The molecule has 2 N–H and O–H groups in total. The molecule has 1 unspecified atom stereocenters. The van der Waals surface area contributed by atoms with E-state index in [1.54, 1.807) is 0 Å². The van der Waals surface area contributed by atoms with E-state index in [9.17, 15) is 13.8 Å². The lowest BCUT2D eigenvalue weighted by Crippen LogP contribution is -2.50. The molecule has 7 heteroatoms. The Bertz CT molecular complexity index is 669. The molecular weight excluding hydrogens is 314 g/mol. The van der Waals surface area contributed by atoms with Gasteiger partial charge in [0.1, 0.15) is 0 Å². The van der Waals surface area contributed by atoms with Gasteiger partial charge in [0, 0.05) is 40.4 Å². The second-order valence-electron chi connectivity index (χ2n) is 6.42. The van der Waals surface area contributed by atoms with Crippen LogP contribution in [-0.2, 0) is 19.3 Å². The van der Waals surface area contributed by atoms with E-state index < -0.39 is 27.1 Å². The van der Waals surface area contributed by atoms with Gasteiger partial charge in [-0.2, -0.15) is 4.36 Å². The lowest BCUT2D eigenvalue weighted by molar-refractivity contribution is -0.137. The smallest absolute Gasteiger partial charge is 0.343 e. The van der Waals surface area contributed by atoms with Crippen LogP contribution in [0.15, 0.2) is 34.7 Å². The lowest BCUT2D eigenvalue weighted by atomic mass is 10.0. The van der Waals surface area contributed by atoms with E-state index in [1.165, 1.54) is 12.5 Å². The van der Waals surface area contributed by atoms with E-state index in [0.717, 1.165) is 5.56 Å². The first-order chi connectivity index (χ1) is 10.5. The van der Waals surface area contributed by atoms with Crippen molar-refractivity contribution in [3.8, 4) is 0 Å². The molecule has 0 aliphatic rings. The van der Waals surface area contributed by atoms with Gasteiger partial charge >= 0.3 is 11.8 Å². The number of nitrogens with one attached hydrogen (secondary N) is 2. The number of carbonyl (C=O) groups is 2. The highest BCUT2D eigenvalue weighted by Crippen LogP contribution is 2.15. The van der Waals surface area contributed by atoms with Crippen LogP contribution in [0, 0.1) is 0 Å². The zero-order valence-electron chi connectivity index (χ0n) is 14.3. The molecule has 2 amide bonds. The van der Waals surface area contributed by atoms with Crippen LogP contribution in [0.2, 0.25) is 0 Å².